The van der Waals surface area contributed by atoms with Crippen LogP contribution in [0.25, 0.3) is 11.3 Å². The molecule has 1 aliphatic heterocycles. The molecule has 3 rings (SSSR count). The van der Waals surface area contributed by atoms with Crippen LogP contribution in [0.4, 0.5) is 0 Å². The van der Waals surface area contributed by atoms with Crippen LogP contribution in [0.1, 0.15) is 31.7 Å². The average Bonchev–Trinajstić information content (AvgIpc) is 2.92. The molecule has 4 nitrogen and oxygen atoms in total. The van der Waals surface area contributed by atoms with Gasteiger partial charge in [0.2, 0.25) is 0 Å². The fourth-order valence-corrected chi connectivity index (χ4v) is 4.96. The molecule has 2 aromatic rings. The summed E-state index contributed by atoms with van der Waals surface area (Å²) in [5.41, 5.74) is 2.72. The predicted molar refractivity (Wildman–Crippen MR) is 85.9 cm³/mol. The van der Waals surface area contributed by atoms with Crippen molar-refractivity contribution in [3.63, 3.8) is 0 Å². The van der Waals surface area contributed by atoms with E-state index in [9.17, 15) is 8.42 Å². The molecule has 0 radical (unpaired) electrons. The van der Waals surface area contributed by atoms with Gasteiger partial charge < -0.3 is 0 Å². The molecule has 112 valence electrons. The highest BCUT2D eigenvalue weighted by Gasteiger charge is 2.26. The van der Waals surface area contributed by atoms with E-state index >= 15 is 0 Å². The van der Waals surface area contributed by atoms with Crippen molar-refractivity contribution in [3.8, 4) is 11.3 Å². The van der Waals surface area contributed by atoms with Crippen LogP contribution in [0.5, 0.6) is 0 Å². The number of unbranched alkanes of at least 4 members (excludes halogenated alkanes) is 2. The van der Waals surface area contributed by atoms with Gasteiger partial charge in [-0.25, -0.2) is 8.42 Å². The standard InChI is InChI=1S/C15H18N2O2S2/c1-2-3-6-9-21(18,19)17-15-12(10-16-17)11-20-14-8-5-4-7-13(14)15/h4-5,7-8,10H,2-3,6,9,11H2,1H3. The molecule has 0 saturated heterocycles. The lowest BCUT2D eigenvalue weighted by Crippen LogP contribution is -2.19. The lowest BCUT2D eigenvalue weighted by molar-refractivity contribution is 0.575. The first-order chi connectivity index (χ1) is 10.1. The maximum Gasteiger partial charge on any atom is 0.254 e. The Kier molecular flexibility index (Phi) is 4.08. The summed E-state index contributed by atoms with van der Waals surface area (Å²) in [7, 11) is -3.38. The Hall–Kier alpha value is -1.27. The van der Waals surface area contributed by atoms with E-state index < -0.39 is 10.0 Å². The maximum atomic E-state index is 12.5. The molecule has 0 saturated carbocycles. The average molecular weight is 322 g/mol. The summed E-state index contributed by atoms with van der Waals surface area (Å²) in [6.07, 6.45) is 4.31. The molecule has 0 fully saturated rings. The second-order valence-corrected chi connectivity index (χ2v) is 8.10. The summed E-state index contributed by atoms with van der Waals surface area (Å²) in [4.78, 5) is 1.12. The van der Waals surface area contributed by atoms with Gasteiger partial charge in [-0.15, -0.1) is 11.8 Å². The fourth-order valence-electron chi connectivity index (χ4n) is 2.52. The van der Waals surface area contributed by atoms with E-state index in [4.69, 9.17) is 0 Å². The molecule has 6 heteroatoms. The summed E-state index contributed by atoms with van der Waals surface area (Å²) < 4.78 is 26.3. The molecule has 21 heavy (non-hydrogen) atoms. The normalized spacial score (nSPS) is 13.8. The second-order valence-electron chi connectivity index (χ2n) is 5.17. The van der Waals surface area contributed by atoms with Crippen LogP contribution in [0.15, 0.2) is 35.4 Å². The molecular formula is C15H18N2O2S2. The Morgan fingerprint density at radius 3 is 2.90 bits per heavy atom. The van der Waals surface area contributed by atoms with Crippen LogP contribution in [-0.2, 0) is 15.8 Å². The Labute approximate surface area is 129 Å². The van der Waals surface area contributed by atoms with Crippen molar-refractivity contribution in [1.29, 1.82) is 0 Å². The van der Waals surface area contributed by atoms with E-state index in [0.717, 1.165) is 40.3 Å². The first-order valence-corrected chi connectivity index (χ1v) is 9.75. The third-order valence-corrected chi connectivity index (χ3v) is 6.34. The molecule has 1 aliphatic rings. The van der Waals surface area contributed by atoms with Crippen LogP contribution in [0.2, 0.25) is 0 Å². The monoisotopic (exact) mass is 322 g/mol. The van der Waals surface area contributed by atoms with E-state index in [0.29, 0.717) is 6.42 Å². The van der Waals surface area contributed by atoms with Gasteiger partial charge in [0.25, 0.3) is 10.0 Å². The van der Waals surface area contributed by atoms with Gasteiger partial charge in [-0.2, -0.15) is 9.19 Å². The molecule has 0 aliphatic carbocycles. The summed E-state index contributed by atoms with van der Waals surface area (Å²) >= 11 is 1.73. The first-order valence-electron chi connectivity index (χ1n) is 7.16. The Morgan fingerprint density at radius 1 is 1.29 bits per heavy atom. The van der Waals surface area contributed by atoms with Crippen LogP contribution in [0.3, 0.4) is 0 Å². The van der Waals surface area contributed by atoms with Crippen molar-refractivity contribution in [2.45, 2.75) is 36.8 Å². The molecule has 2 heterocycles. The Morgan fingerprint density at radius 2 is 2.10 bits per heavy atom. The maximum absolute atomic E-state index is 12.5. The molecule has 0 spiro atoms. The van der Waals surface area contributed by atoms with Gasteiger partial charge in [-0.3, -0.25) is 0 Å². The smallest absolute Gasteiger partial charge is 0.205 e. The molecule has 0 atom stereocenters. The minimum absolute atomic E-state index is 0.157. The molecule has 0 amide bonds. The minimum Gasteiger partial charge on any atom is -0.205 e. The van der Waals surface area contributed by atoms with Crippen molar-refractivity contribution in [3.05, 3.63) is 36.0 Å². The fraction of sp³-hybridized carbons (Fsp3) is 0.400. The lowest BCUT2D eigenvalue weighted by Gasteiger charge is -2.17. The minimum atomic E-state index is -3.38. The first kappa shape index (κ1) is 14.7. The number of benzene rings is 1. The number of aromatic nitrogens is 2. The van der Waals surface area contributed by atoms with Crippen molar-refractivity contribution in [2.75, 3.05) is 5.75 Å². The highest BCUT2D eigenvalue weighted by Crippen LogP contribution is 2.41. The Balaban J connectivity index is 2.03. The third kappa shape index (κ3) is 2.74. The number of nitrogens with zero attached hydrogens (tertiary/aromatic N) is 2. The largest absolute Gasteiger partial charge is 0.254 e. The van der Waals surface area contributed by atoms with E-state index in [1.165, 1.54) is 4.09 Å². The summed E-state index contributed by atoms with van der Waals surface area (Å²) in [5.74, 6) is 0.932. The highest BCUT2D eigenvalue weighted by atomic mass is 32.2. The number of rotatable bonds is 5. The molecule has 1 aromatic heterocycles. The van der Waals surface area contributed by atoms with Crippen LogP contribution >= 0.6 is 11.8 Å². The van der Waals surface area contributed by atoms with Crippen LogP contribution < -0.4 is 0 Å². The SMILES string of the molecule is CCCCCS(=O)(=O)n1ncc2c1-c1ccccc1SC2. The molecule has 0 N–H and O–H groups in total. The third-order valence-electron chi connectivity index (χ3n) is 3.61. The Bertz CT molecular complexity index is 751. The zero-order valence-electron chi connectivity index (χ0n) is 11.9. The summed E-state index contributed by atoms with van der Waals surface area (Å²) in [6.45, 7) is 2.07. The number of fused-ring (bicyclic) bond motifs is 3. The van der Waals surface area contributed by atoms with Gasteiger partial charge in [-0.05, 0) is 12.5 Å². The topological polar surface area (TPSA) is 52.0 Å². The van der Waals surface area contributed by atoms with Gasteiger partial charge in [0, 0.05) is 21.8 Å². The van der Waals surface area contributed by atoms with E-state index in [2.05, 4.69) is 12.0 Å². The highest BCUT2D eigenvalue weighted by molar-refractivity contribution is 7.98. The van der Waals surface area contributed by atoms with Crippen molar-refractivity contribution < 1.29 is 8.42 Å². The van der Waals surface area contributed by atoms with Crippen molar-refractivity contribution >= 4 is 21.8 Å². The van der Waals surface area contributed by atoms with E-state index in [1.807, 2.05) is 24.3 Å². The lowest BCUT2D eigenvalue weighted by atomic mass is 10.1. The zero-order valence-corrected chi connectivity index (χ0v) is 13.6. The number of hydrogen-bond donors (Lipinski definition) is 0. The second kappa shape index (κ2) is 5.85. The zero-order chi connectivity index (χ0) is 14.9. The molecule has 1 aromatic carbocycles. The quantitative estimate of drug-likeness (QED) is 0.790. The van der Waals surface area contributed by atoms with Gasteiger partial charge >= 0.3 is 0 Å². The predicted octanol–water partition coefficient (Wildman–Crippen LogP) is 3.52. The van der Waals surface area contributed by atoms with E-state index in [1.54, 1.807) is 18.0 Å². The van der Waals surface area contributed by atoms with E-state index in [-0.39, 0.29) is 5.75 Å². The van der Waals surface area contributed by atoms with Crippen LogP contribution in [-0.4, -0.2) is 23.4 Å². The van der Waals surface area contributed by atoms with Gasteiger partial charge in [0.05, 0.1) is 17.6 Å². The number of hydrogen-bond acceptors (Lipinski definition) is 4. The van der Waals surface area contributed by atoms with Crippen molar-refractivity contribution in [2.24, 2.45) is 0 Å². The molecule has 0 unspecified atom stereocenters. The van der Waals surface area contributed by atoms with Gasteiger partial charge in [0.1, 0.15) is 0 Å². The summed E-state index contributed by atoms with van der Waals surface area (Å²) in [6, 6.07) is 7.92. The molecular weight excluding hydrogens is 304 g/mol. The molecule has 0 bridgehead atoms. The van der Waals surface area contributed by atoms with Gasteiger partial charge in [-0.1, -0.05) is 38.0 Å². The van der Waals surface area contributed by atoms with Gasteiger partial charge in [0.15, 0.2) is 0 Å². The van der Waals surface area contributed by atoms with Crippen LogP contribution in [0, 0.1) is 0 Å². The summed E-state index contributed by atoms with van der Waals surface area (Å²) in [5, 5.41) is 4.16. The number of thioether (sulfide) groups is 1. The van der Waals surface area contributed by atoms with Crippen molar-refractivity contribution in [1.82, 2.24) is 9.19 Å².